The maximum absolute atomic E-state index is 12.6. The lowest BCUT2D eigenvalue weighted by molar-refractivity contribution is -0.126. The smallest absolute Gasteiger partial charge is 0.227 e. The van der Waals surface area contributed by atoms with Crippen LogP contribution in [-0.2, 0) is 23.2 Å². The van der Waals surface area contributed by atoms with Gasteiger partial charge in [0, 0.05) is 31.8 Å². The molecule has 29 heavy (non-hydrogen) atoms. The highest BCUT2D eigenvalue weighted by atomic mass is 16.5. The first-order valence-corrected chi connectivity index (χ1v) is 9.34. The third kappa shape index (κ3) is 3.87. The number of rotatable bonds is 6. The molecule has 1 aliphatic heterocycles. The van der Waals surface area contributed by atoms with Crippen LogP contribution >= 0.6 is 0 Å². The van der Waals surface area contributed by atoms with E-state index in [0.717, 1.165) is 17.1 Å². The Kier molecular flexibility index (Phi) is 5.07. The molecule has 150 valence electrons. The molecule has 1 N–H and O–H groups in total. The standard InChI is InChI=1S/C21H22N4O4/c1-24-18(19-7-4-8-29-19)10-15(23-24)12-22-21(27)14-9-20(26)25(13-14)16-5-3-6-17(11-16)28-2/h3-8,10-11,14H,9,12-13H2,1-2H3,(H,22,27)/t14-/m1/s1. The normalized spacial score (nSPS) is 16.3. The Bertz CT molecular complexity index is 1030. The first-order valence-electron chi connectivity index (χ1n) is 9.34. The highest BCUT2D eigenvalue weighted by Gasteiger charge is 2.35. The molecule has 3 aromatic rings. The highest BCUT2D eigenvalue weighted by Crippen LogP contribution is 2.28. The van der Waals surface area contributed by atoms with E-state index in [4.69, 9.17) is 9.15 Å². The summed E-state index contributed by atoms with van der Waals surface area (Å²) in [4.78, 5) is 26.7. The van der Waals surface area contributed by atoms with Gasteiger partial charge in [-0.3, -0.25) is 14.3 Å². The van der Waals surface area contributed by atoms with Crippen molar-refractivity contribution in [1.82, 2.24) is 15.1 Å². The summed E-state index contributed by atoms with van der Waals surface area (Å²) in [6, 6.07) is 12.8. The second-order valence-corrected chi connectivity index (χ2v) is 6.95. The number of benzene rings is 1. The average molecular weight is 394 g/mol. The zero-order valence-electron chi connectivity index (χ0n) is 16.3. The van der Waals surface area contributed by atoms with E-state index in [0.29, 0.717) is 18.1 Å². The Morgan fingerprint density at radius 3 is 2.93 bits per heavy atom. The number of ether oxygens (including phenoxy) is 1. The summed E-state index contributed by atoms with van der Waals surface area (Å²) in [5.74, 6) is 0.755. The predicted octanol–water partition coefficient (Wildman–Crippen LogP) is 2.36. The highest BCUT2D eigenvalue weighted by molar-refractivity contribution is 6.00. The summed E-state index contributed by atoms with van der Waals surface area (Å²) < 4.78 is 12.3. The van der Waals surface area contributed by atoms with Gasteiger partial charge in [0.05, 0.1) is 31.5 Å². The molecule has 8 heteroatoms. The molecular weight excluding hydrogens is 372 g/mol. The molecule has 1 fully saturated rings. The van der Waals surface area contributed by atoms with Crippen LogP contribution in [0.4, 0.5) is 5.69 Å². The van der Waals surface area contributed by atoms with Crippen molar-refractivity contribution in [1.29, 1.82) is 0 Å². The van der Waals surface area contributed by atoms with Crippen LogP contribution in [0.3, 0.4) is 0 Å². The van der Waals surface area contributed by atoms with Crippen molar-refractivity contribution >= 4 is 17.5 Å². The van der Waals surface area contributed by atoms with Gasteiger partial charge in [-0.05, 0) is 30.3 Å². The molecule has 3 heterocycles. The number of anilines is 1. The SMILES string of the molecule is COc1cccc(N2C[C@H](C(=O)NCc3cc(-c4ccco4)n(C)n3)CC2=O)c1. The number of carbonyl (C=O) groups excluding carboxylic acids is 2. The van der Waals surface area contributed by atoms with E-state index in [2.05, 4.69) is 10.4 Å². The number of nitrogens with one attached hydrogen (secondary N) is 1. The number of aromatic nitrogens is 2. The number of furan rings is 1. The topological polar surface area (TPSA) is 89.6 Å². The van der Waals surface area contributed by atoms with Crippen molar-refractivity contribution in [3.63, 3.8) is 0 Å². The molecule has 0 unspecified atom stereocenters. The molecule has 1 aliphatic rings. The predicted molar refractivity (Wildman–Crippen MR) is 106 cm³/mol. The van der Waals surface area contributed by atoms with E-state index in [9.17, 15) is 9.59 Å². The summed E-state index contributed by atoms with van der Waals surface area (Å²) >= 11 is 0. The summed E-state index contributed by atoms with van der Waals surface area (Å²) in [6.45, 7) is 0.634. The number of aryl methyl sites for hydroxylation is 1. The van der Waals surface area contributed by atoms with Gasteiger partial charge >= 0.3 is 0 Å². The first-order chi connectivity index (χ1) is 14.0. The van der Waals surface area contributed by atoms with Gasteiger partial charge in [-0.2, -0.15) is 5.10 Å². The molecular formula is C21H22N4O4. The maximum atomic E-state index is 12.6. The summed E-state index contributed by atoms with van der Waals surface area (Å²) in [5, 5.41) is 7.31. The van der Waals surface area contributed by atoms with E-state index < -0.39 is 5.92 Å². The van der Waals surface area contributed by atoms with Crippen molar-refractivity contribution in [3.05, 3.63) is 54.4 Å². The van der Waals surface area contributed by atoms with Gasteiger partial charge < -0.3 is 19.4 Å². The third-order valence-corrected chi connectivity index (χ3v) is 5.01. The van der Waals surface area contributed by atoms with Crippen molar-refractivity contribution in [2.75, 3.05) is 18.6 Å². The molecule has 0 spiro atoms. The zero-order chi connectivity index (χ0) is 20.4. The Hall–Kier alpha value is -3.55. The van der Waals surface area contributed by atoms with Crippen LogP contribution < -0.4 is 15.0 Å². The molecule has 0 aliphatic carbocycles. The second kappa shape index (κ2) is 7.83. The Labute approximate surface area is 168 Å². The lowest BCUT2D eigenvalue weighted by atomic mass is 10.1. The number of hydrogen-bond donors (Lipinski definition) is 1. The number of amides is 2. The van der Waals surface area contributed by atoms with Gasteiger partial charge in [-0.1, -0.05) is 6.07 Å². The lowest BCUT2D eigenvalue weighted by Crippen LogP contribution is -2.32. The summed E-state index contributed by atoms with van der Waals surface area (Å²) in [7, 11) is 3.40. The maximum Gasteiger partial charge on any atom is 0.227 e. The molecule has 1 saturated heterocycles. The number of nitrogens with zero attached hydrogens (tertiary/aromatic N) is 3. The summed E-state index contributed by atoms with van der Waals surface area (Å²) in [5.41, 5.74) is 2.29. The van der Waals surface area contributed by atoms with E-state index in [1.165, 1.54) is 0 Å². The fourth-order valence-electron chi connectivity index (χ4n) is 3.50. The minimum Gasteiger partial charge on any atom is -0.497 e. The average Bonchev–Trinajstić information content (AvgIpc) is 3.46. The van der Waals surface area contributed by atoms with Crippen molar-refractivity contribution in [3.8, 4) is 17.2 Å². The summed E-state index contributed by atoms with van der Waals surface area (Å²) in [6.07, 6.45) is 1.79. The minimum absolute atomic E-state index is 0.0728. The van der Waals surface area contributed by atoms with E-state index in [1.54, 1.807) is 29.0 Å². The lowest BCUT2D eigenvalue weighted by Gasteiger charge is -2.17. The van der Waals surface area contributed by atoms with Crippen molar-refractivity contribution in [2.45, 2.75) is 13.0 Å². The van der Waals surface area contributed by atoms with Crippen LogP contribution in [-0.4, -0.2) is 35.2 Å². The van der Waals surface area contributed by atoms with Crippen LogP contribution in [0.1, 0.15) is 12.1 Å². The molecule has 2 amide bonds. The second-order valence-electron chi connectivity index (χ2n) is 6.95. The van der Waals surface area contributed by atoms with Crippen LogP contribution in [0.2, 0.25) is 0 Å². The zero-order valence-corrected chi connectivity index (χ0v) is 16.3. The van der Waals surface area contributed by atoms with Gasteiger partial charge in [0.15, 0.2) is 5.76 Å². The first kappa shape index (κ1) is 18.8. The molecule has 0 radical (unpaired) electrons. The largest absolute Gasteiger partial charge is 0.497 e. The molecule has 0 bridgehead atoms. The fourth-order valence-corrected chi connectivity index (χ4v) is 3.50. The van der Waals surface area contributed by atoms with Crippen molar-refractivity contribution < 1.29 is 18.7 Å². The monoisotopic (exact) mass is 394 g/mol. The minimum atomic E-state index is -0.401. The van der Waals surface area contributed by atoms with E-state index in [-0.39, 0.29) is 24.8 Å². The molecule has 2 aromatic heterocycles. The van der Waals surface area contributed by atoms with Crippen LogP contribution in [0.5, 0.6) is 5.75 Å². The van der Waals surface area contributed by atoms with E-state index in [1.807, 2.05) is 43.4 Å². The third-order valence-electron chi connectivity index (χ3n) is 5.01. The fraction of sp³-hybridized carbons (Fsp3) is 0.286. The van der Waals surface area contributed by atoms with Crippen LogP contribution in [0.15, 0.2) is 53.1 Å². The van der Waals surface area contributed by atoms with Gasteiger partial charge in [0.25, 0.3) is 0 Å². The van der Waals surface area contributed by atoms with Crippen molar-refractivity contribution in [2.24, 2.45) is 13.0 Å². The molecule has 1 aromatic carbocycles. The Morgan fingerprint density at radius 2 is 2.17 bits per heavy atom. The molecule has 1 atom stereocenters. The Morgan fingerprint density at radius 1 is 1.31 bits per heavy atom. The van der Waals surface area contributed by atoms with Gasteiger partial charge in [0.2, 0.25) is 11.8 Å². The van der Waals surface area contributed by atoms with Gasteiger partial charge in [-0.25, -0.2) is 0 Å². The van der Waals surface area contributed by atoms with Gasteiger partial charge in [0.1, 0.15) is 11.4 Å². The quantitative estimate of drug-likeness (QED) is 0.693. The molecule has 0 saturated carbocycles. The number of methoxy groups -OCH3 is 1. The van der Waals surface area contributed by atoms with Crippen LogP contribution in [0, 0.1) is 5.92 Å². The van der Waals surface area contributed by atoms with Crippen LogP contribution in [0.25, 0.3) is 11.5 Å². The van der Waals surface area contributed by atoms with Gasteiger partial charge in [-0.15, -0.1) is 0 Å². The van der Waals surface area contributed by atoms with E-state index >= 15 is 0 Å². The Balaban J connectivity index is 1.38. The number of hydrogen-bond acceptors (Lipinski definition) is 5. The molecule has 8 nitrogen and oxygen atoms in total. The number of carbonyl (C=O) groups is 2. The molecule has 4 rings (SSSR count).